The van der Waals surface area contributed by atoms with Gasteiger partial charge in [-0.05, 0) is 42.8 Å². The molecule has 1 aromatic heterocycles. The van der Waals surface area contributed by atoms with Gasteiger partial charge in [0, 0.05) is 33.2 Å². The molecule has 0 radical (unpaired) electrons. The predicted molar refractivity (Wildman–Crippen MR) is 82.9 cm³/mol. The van der Waals surface area contributed by atoms with Crippen molar-refractivity contribution in [2.75, 3.05) is 0 Å². The van der Waals surface area contributed by atoms with E-state index in [0.29, 0.717) is 37.6 Å². The summed E-state index contributed by atoms with van der Waals surface area (Å²) in [6.45, 7) is 1.62. The lowest BCUT2D eigenvalue weighted by Gasteiger charge is -2.04. The second kappa shape index (κ2) is 5.17. The molecule has 0 atom stereocenters. The number of carbonyl (C=O) groups excluding carboxylic acids is 1. The summed E-state index contributed by atoms with van der Waals surface area (Å²) in [5.74, 6) is -0.552. The number of aryl methyl sites for hydroxylation is 1. The van der Waals surface area contributed by atoms with E-state index in [1.807, 2.05) is 0 Å². The fraction of sp³-hybridized carbons (Fsp3) is 0.0625. The highest BCUT2D eigenvalue weighted by Crippen LogP contribution is 2.31. The maximum Gasteiger partial charge on any atom is 0.195 e. The van der Waals surface area contributed by atoms with Crippen molar-refractivity contribution >= 4 is 39.9 Å². The van der Waals surface area contributed by atoms with Crippen LogP contribution in [0.15, 0.2) is 36.5 Å². The number of fused-ring (bicyclic) bond motifs is 1. The van der Waals surface area contributed by atoms with Crippen molar-refractivity contribution in [1.82, 2.24) is 4.98 Å². The molecule has 2 nitrogen and oxygen atoms in total. The number of rotatable bonds is 2. The molecule has 0 saturated heterocycles. The third-order valence-electron chi connectivity index (χ3n) is 3.36. The van der Waals surface area contributed by atoms with E-state index in [-0.39, 0.29) is 11.6 Å². The Balaban J connectivity index is 2.16. The molecule has 1 heterocycles. The molecule has 0 aliphatic heterocycles. The van der Waals surface area contributed by atoms with Gasteiger partial charge in [-0.1, -0.05) is 23.2 Å². The Bertz CT molecular complexity index is 870. The van der Waals surface area contributed by atoms with Gasteiger partial charge in [0.15, 0.2) is 5.78 Å². The van der Waals surface area contributed by atoms with E-state index in [9.17, 15) is 9.18 Å². The van der Waals surface area contributed by atoms with Crippen LogP contribution in [0, 0.1) is 12.7 Å². The highest BCUT2D eigenvalue weighted by molar-refractivity contribution is 6.40. The number of H-pyrrole nitrogens is 1. The molecule has 0 fully saturated rings. The summed E-state index contributed by atoms with van der Waals surface area (Å²) in [6, 6.07) is 7.57. The number of carbonyl (C=O) groups is 1. The van der Waals surface area contributed by atoms with Gasteiger partial charge in [0.1, 0.15) is 5.82 Å². The summed E-state index contributed by atoms with van der Waals surface area (Å²) in [6.07, 6.45) is 1.59. The zero-order valence-electron chi connectivity index (χ0n) is 11.0. The summed E-state index contributed by atoms with van der Waals surface area (Å²) in [7, 11) is 0. The molecule has 0 aliphatic carbocycles. The monoisotopic (exact) mass is 321 g/mol. The molecule has 0 spiro atoms. The Morgan fingerprint density at radius 3 is 2.67 bits per heavy atom. The topological polar surface area (TPSA) is 32.9 Å². The van der Waals surface area contributed by atoms with Crippen molar-refractivity contribution in [1.29, 1.82) is 0 Å². The third kappa shape index (κ3) is 2.43. The molecule has 106 valence electrons. The molecule has 3 aromatic rings. The van der Waals surface area contributed by atoms with Crippen LogP contribution in [0.1, 0.15) is 21.5 Å². The summed E-state index contributed by atoms with van der Waals surface area (Å²) < 4.78 is 13.3. The molecule has 5 heteroatoms. The Morgan fingerprint density at radius 1 is 1.19 bits per heavy atom. The third-order valence-corrected chi connectivity index (χ3v) is 3.88. The molecule has 0 amide bonds. The maximum absolute atomic E-state index is 13.3. The Labute approximate surface area is 130 Å². The van der Waals surface area contributed by atoms with Gasteiger partial charge in [0.05, 0.1) is 5.02 Å². The predicted octanol–water partition coefficient (Wildman–Crippen LogP) is 5.15. The van der Waals surface area contributed by atoms with Gasteiger partial charge in [-0.3, -0.25) is 4.79 Å². The first kappa shape index (κ1) is 14.1. The maximum atomic E-state index is 13.3. The average molecular weight is 322 g/mol. The van der Waals surface area contributed by atoms with E-state index in [4.69, 9.17) is 23.2 Å². The van der Waals surface area contributed by atoms with Gasteiger partial charge < -0.3 is 4.98 Å². The van der Waals surface area contributed by atoms with Crippen LogP contribution >= 0.6 is 23.2 Å². The van der Waals surface area contributed by atoms with E-state index in [0.717, 1.165) is 0 Å². The minimum absolute atomic E-state index is 0.214. The van der Waals surface area contributed by atoms with Crippen molar-refractivity contribution in [2.24, 2.45) is 0 Å². The van der Waals surface area contributed by atoms with E-state index >= 15 is 0 Å². The number of hydrogen-bond acceptors (Lipinski definition) is 1. The minimum Gasteiger partial charge on any atom is -0.360 e. The Morgan fingerprint density at radius 2 is 1.95 bits per heavy atom. The molecule has 0 aliphatic rings. The van der Waals surface area contributed by atoms with Crippen molar-refractivity contribution in [3.05, 3.63) is 69.1 Å². The largest absolute Gasteiger partial charge is 0.360 e. The molecule has 1 N–H and O–H groups in total. The van der Waals surface area contributed by atoms with Gasteiger partial charge >= 0.3 is 0 Å². The quantitative estimate of drug-likeness (QED) is 0.650. The fourth-order valence-corrected chi connectivity index (χ4v) is 2.90. The van der Waals surface area contributed by atoms with E-state index < -0.39 is 0 Å². The zero-order valence-corrected chi connectivity index (χ0v) is 12.5. The van der Waals surface area contributed by atoms with E-state index in [1.54, 1.807) is 25.3 Å². The van der Waals surface area contributed by atoms with Crippen molar-refractivity contribution in [3.63, 3.8) is 0 Å². The first-order valence-corrected chi connectivity index (χ1v) is 7.00. The van der Waals surface area contributed by atoms with Crippen molar-refractivity contribution in [3.8, 4) is 0 Å². The fourth-order valence-electron chi connectivity index (χ4n) is 2.30. The first-order chi connectivity index (χ1) is 9.97. The molecule has 0 saturated carbocycles. The standard InChI is InChI=1S/C16H10Cl2FNO/c1-8-4-9(2-3-13(8)19)16(21)11-7-20-14-6-10(17)5-12(18)15(11)14/h2-7,20H,1H3. The molecule has 0 bridgehead atoms. The number of aromatic amines is 1. The number of hydrogen-bond donors (Lipinski definition) is 1. The van der Waals surface area contributed by atoms with E-state index in [1.165, 1.54) is 18.2 Å². The molecule has 3 rings (SSSR count). The number of benzene rings is 2. The van der Waals surface area contributed by atoms with Gasteiger partial charge in [-0.15, -0.1) is 0 Å². The Hall–Kier alpha value is -1.84. The van der Waals surface area contributed by atoms with E-state index in [2.05, 4.69) is 4.98 Å². The van der Waals surface area contributed by atoms with Gasteiger partial charge in [-0.25, -0.2) is 4.39 Å². The second-order valence-corrected chi connectivity index (χ2v) is 5.65. The van der Waals surface area contributed by atoms with Crippen LogP contribution in [-0.4, -0.2) is 10.8 Å². The summed E-state index contributed by atoms with van der Waals surface area (Å²) in [5, 5.41) is 1.51. The lowest BCUT2D eigenvalue weighted by molar-refractivity contribution is 0.104. The van der Waals surface area contributed by atoms with Crippen LogP contribution in [0.5, 0.6) is 0 Å². The molecule has 0 unspecified atom stereocenters. The second-order valence-electron chi connectivity index (χ2n) is 4.81. The smallest absolute Gasteiger partial charge is 0.195 e. The van der Waals surface area contributed by atoms with Gasteiger partial charge in [-0.2, -0.15) is 0 Å². The van der Waals surface area contributed by atoms with Crippen LogP contribution in [0.4, 0.5) is 4.39 Å². The first-order valence-electron chi connectivity index (χ1n) is 6.24. The SMILES string of the molecule is Cc1cc(C(=O)c2c[nH]c3cc(Cl)cc(Cl)c23)ccc1F. The lowest BCUT2D eigenvalue weighted by Crippen LogP contribution is -2.01. The number of nitrogens with one attached hydrogen (secondary N) is 1. The highest BCUT2D eigenvalue weighted by atomic mass is 35.5. The average Bonchev–Trinajstić information content (AvgIpc) is 2.85. The number of aromatic nitrogens is 1. The van der Waals surface area contributed by atoms with Crippen LogP contribution in [-0.2, 0) is 0 Å². The summed E-state index contributed by atoms with van der Waals surface area (Å²) in [5.41, 5.74) is 1.98. The molecular weight excluding hydrogens is 312 g/mol. The van der Waals surface area contributed by atoms with Crippen LogP contribution in [0.3, 0.4) is 0 Å². The highest BCUT2D eigenvalue weighted by Gasteiger charge is 2.17. The molecule has 2 aromatic carbocycles. The van der Waals surface area contributed by atoms with Gasteiger partial charge in [0.25, 0.3) is 0 Å². The van der Waals surface area contributed by atoms with Gasteiger partial charge in [0.2, 0.25) is 0 Å². The van der Waals surface area contributed by atoms with Crippen LogP contribution < -0.4 is 0 Å². The molecule has 21 heavy (non-hydrogen) atoms. The lowest BCUT2D eigenvalue weighted by atomic mass is 10.0. The number of halogens is 3. The normalized spacial score (nSPS) is 11.0. The minimum atomic E-state index is -0.338. The van der Waals surface area contributed by atoms with Crippen molar-refractivity contribution < 1.29 is 9.18 Å². The van der Waals surface area contributed by atoms with Crippen molar-refractivity contribution in [2.45, 2.75) is 6.92 Å². The summed E-state index contributed by atoms with van der Waals surface area (Å²) >= 11 is 12.1. The number of ketones is 1. The zero-order chi connectivity index (χ0) is 15.1. The molecular formula is C16H10Cl2FNO. The van der Waals surface area contributed by atoms with Crippen LogP contribution in [0.2, 0.25) is 10.0 Å². The Kier molecular flexibility index (Phi) is 3.47. The summed E-state index contributed by atoms with van der Waals surface area (Å²) in [4.78, 5) is 15.6. The van der Waals surface area contributed by atoms with Crippen LogP contribution in [0.25, 0.3) is 10.9 Å².